The van der Waals surface area contributed by atoms with Gasteiger partial charge in [-0.25, -0.2) is 4.98 Å². The number of anilines is 1. The van der Waals surface area contributed by atoms with Crippen molar-refractivity contribution in [3.8, 4) is 5.88 Å². The highest BCUT2D eigenvalue weighted by atomic mass is 32.2. The summed E-state index contributed by atoms with van der Waals surface area (Å²) in [6.45, 7) is 3.91. The van der Waals surface area contributed by atoms with E-state index in [1.165, 1.54) is 0 Å². The standard InChI is InChI=1S/C11H19N3O2S/c1-8(5-6-17(4)15)12-11-13-9(2)7-10(14-11)16-3/h7-8H,5-6H2,1-4H3,(H,12,13,14). The molecule has 1 aromatic rings. The summed E-state index contributed by atoms with van der Waals surface area (Å²) in [7, 11) is 0.819. The largest absolute Gasteiger partial charge is 0.481 e. The van der Waals surface area contributed by atoms with Gasteiger partial charge in [0.1, 0.15) is 0 Å². The molecule has 1 aromatic heterocycles. The van der Waals surface area contributed by atoms with Gasteiger partial charge in [-0.3, -0.25) is 4.21 Å². The van der Waals surface area contributed by atoms with Gasteiger partial charge in [-0.05, 0) is 20.3 Å². The summed E-state index contributed by atoms with van der Waals surface area (Å²) in [6, 6.07) is 1.96. The summed E-state index contributed by atoms with van der Waals surface area (Å²) >= 11 is 0. The molecule has 1 heterocycles. The average molecular weight is 257 g/mol. The highest BCUT2D eigenvalue weighted by Crippen LogP contribution is 2.12. The Labute approximate surface area is 104 Å². The second-order valence-electron chi connectivity index (χ2n) is 3.99. The van der Waals surface area contributed by atoms with Gasteiger partial charge in [0, 0.05) is 40.6 Å². The molecule has 2 unspecified atom stereocenters. The van der Waals surface area contributed by atoms with Crippen molar-refractivity contribution in [3.63, 3.8) is 0 Å². The molecule has 0 bridgehead atoms. The number of hydrogen-bond donors (Lipinski definition) is 1. The van der Waals surface area contributed by atoms with Crippen molar-refractivity contribution in [1.82, 2.24) is 9.97 Å². The number of ether oxygens (including phenoxy) is 1. The van der Waals surface area contributed by atoms with Crippen LogP contribution in [0.15, 0.2) is 6.07 Å². The first-order valence-corrected chi connectivity index (χ1v) is 7.20. The summed E-state index contributed by atoms with van der Waals surface area (Å²) < 4.78 is 16.1. The second kappa shape index (κ2) is 6.54. The molecule has 5 nitrogen and oxygen atoms in total. The van der Waals surface area contributed by atoms with E-state index in [4.69, 9.17) is 4.74 Å². The third kappa shape index (κ3) is 5.12. The van der Waals surface area contributed by atoms with E-state index in [0.29, 0.717) is 17.6 Å². The third-order valence-corrected chi connectivity index (χ3v) is 3.06. The van der Waals surface area contributed by atoms with E-state index in [1.54, 1.807) is 19.4 Å². The fourth-order valence-corrected chi connectivity index (χ4v) is 2.03. The predicted octanol–water partition coefficient (Wildman–Crippen LogP) is 1.36. The topological polar surface area (TPSA) is 64.1 Å². The van der Waals surface area contributed by atoms with Crippen LogP contribution in [-0.2, 0) is 10.8 Å². The van der Waals surface area contributed by atoms with E-state index >= 15 is 0 Å². The van der Waals surface area contributed by atoms with E-state index in [9.17, 15) is 4.21 Å². The van der Waals surface area contributed by atoms with Gasteiger partial charge in [-0.2, -0.15) is 4.98 Å². The Balaban J connectivity index is 2.61. The molecule has 1 N–H and O–H groups in total. The second-order valence-corrected chi connectivity index (χ2v) is 5.54. The Bertz CT molecular complexity index is 398. The Hall–Kier alpha value is -1.17. The number of nitrogens with one attached hydrogen (secondary N) is 1. The molecule has 96 valence electrons. The molecule has 17 heavy (non-hydrogen) atoms. The molecule has 0 aliphatic heterocycles. The Morgan fingerprint density at radius 3 is 2.82 bits per heavy atom. The van der Waals surface area contributed by atoms with Gasteiger partial charge in [0.2, 0.25) is 11.8 Å². The highest BCUT2D eigenvalue weighted by molar-refractivity contribution is 7.84. The maximum absolute atomic E-state index is 11.0. The third-order valence-electron chi connectivity index (χ3n) is 2.25. The van der Waals surface area contributed by atoms with Crippen molar-refractivity contribution in [2.75, 3.05) is 24.4 Å². The van der Waals surface area contributed by atoms with E-state index < -0.39 is 10.8 Å². The Morgan fingerprint density at radius 1 is 1.53 bits per heavy atom. The Kier molecular flexibility index (Phi) is 5.34. The van der Waals surface area contributed by atoms with Crippen LogP contribution in [0.1, 0.15) is 19.0 Å². The quantitative estimate of drug-likeness (QED) is 0.833. The van der Waals surface area contributed by atoms with Crippen LogP contribution in [-0.4, -0.2) is 39.3 Å². The SMILES string of the molecule is COc1cc(C)nc(NC(C)CCS(C)=O)n1. The zero-order chi connectivity index (χ0) is 12.8. The van der Waals surface area contributed by atoms with Crippen LogP contribution in [0.2, 0.25) is 0 Å². The van der Waals surface area contributed by atoms with Crippen LogP contribution >= 0.6 is 0 Å². The fourth-order valence-electron chi connectivity index (χ4n) is 1.34. The van der Waals surface area contributed by atoms with E-state index in [-0.39, 0.29) is 6.04 Å². The summed E-state index contributed by atoms with van der Waals surface area (Å²) in [4.78, 5) is 8.47. The van der Waals surface area contributed by atoms with Crippen LogP contribution in [0.3, 0.4) is 0 Å². The van der Waals surface area contributed by atoms with Gasteiger partial charge in [-0.15, -0.1) is 0 Å². The molecule has 0 fully saturated rings. The smallest absolute Gasteiger partial charge is 0.226 e. The zero-order valence-electron chi connectivity index (χ0n) is 10.7. The first-order chi connectivity index (χ1) is 8.01. The molecule has 0 aromatic carbocycles. The molecular weight excluding hydrogens is 238 g/mol. The lowest BCUT2D eigenvalue weighted by molar-refractivity contribution is 0.397. The highest BCUT2D eigenvalue weighted by Gasteiger charge is 2.07. The van der Waals surface area contributed by atoms with Gasteiger partial charge in [-0.1, -0.05) is 0 Å². The van der Waals surface area contributed by atoms with E-state index in [0.717, 1.165) is 12.1 Å². The lowest BCUT2D eigenvalue weighted by Gasteiger charge is -2.13. The summed E-state index contributed by atoms with van der Waals surface area (Å²) in [6.07, 6.45) is 2.53. The first kappa shape index (κ1) is 13.9. The first-order valence-electron chi connectivity index (χ1n) is 5.47. The van der Waals surface area contributed by atoms with Crippen molar-refractivity contribution in [2.24, 2.45) is 0 Å². The van der Waals surface area contributed by atoms with Gasteiger partial charge in [0.25, 0.3) is 0 Å². The van der Waals surface area contributed by atoms with Crippen molar-refractivity contribution < 1.29 is 8.95 Å². The summed E-state index contributed by atoms with van der Waals surface area (Å²) in [5, 5.41) is 3.18. The summed E-state index contributed by atoms with van der Waals surface area (Å²) in [5.74, 6) is 1.78. The minimum absolute atomic E-state index is 0.186. The number of nitrogens with zero attached hydrogens (tertiary/aromatic N) is 2. The normalized spacial score (nSPS) is 14.1. The molecule has 0 saturated carbocycles. The van der Waals surface area contributed by atoms with Crippen molar-refractivity contribution in [3.05, 3.63) is 11.8 Å². The number of rotatable bonds is 6. The maximum Gasteiger partial charge on any atom is 0.226 e. The number of aryl methyl sites for hydroxylation is 1. The molecule has 0 spiro atoms. The minimum atomic E-state index is -0.760. The van der Waals surface area contributed by atoms with Gasteiger partial charge in [0.05, 0.1) is 7.11 Å². The van der Waals surface area contributed by atoms with Gasteiger partial charge < -0.3 is 10.1 Å². The number of hydrogen-bond acceptors (Lipinski definition) is 5. The van der Waals surface area contributed by atoms with Crippen LogP contribution in [0.4, 0.5) is 5.95 Å². The van der Waals surface area contributed by atoms with Crippen molar-refractivity contribution >= 4 is 16.7 Å². The van der Waals surface area contributed by atoms with Crippen LogP contribution < -0.4 is 10.1 Å². The average Bonchev–Trinajstić information content (AvgIpc) is 2.25. The Morgan fingerprint density at radius 2 is 2.24 bits per heavy atom. The van der Waals surface area contributed by atoms with E-state index in [2.05, 4.69) is 15.3 Å². The monoisotopic (exact) mass is 257 g/mol. The van der Waals surface area contributed by atoms with Crippen LogP contribution in [0.25, 0.3) is 0 Å². The number of methoxy groups -OCH3 is 1. The van der Waals surface area contributed by atoms with Gasteiger partial charge in [0.15, 0.2) is 0 Å². The van der Waals surface area contributed by atoms with Crippen LogP contribution in [0, 0.1) is 6.92 Å². The molecule has 0 amide bonds. The van der Waals surface area contributed by atoms with Crippen LogP contribution in [0.5, 0.6) is 5.88 Å². The predicted molar refractivity (Wildman–Crippen MR) is 70.0 cm³/mol. The van der Waals surface area contributed by atoms with E-state index in [1.807, 2.05) is 13.8 Å². The number of aromatic nitrogens is 2. The zero-order valence-corrected chi connectivity index (χ0v) is 11.5. The molecule has 0 aliphatic carbocycles. The van der Waals surface area contributed by atoms with Gasteiger partial charge >= 0.3 is 0 Å². The van der Waals surface area contributed by atoms with Crippen molar-refractivity contribution in [2.45, 2.75) is 26.3 Å². The maximum atomic E-state index is 11.0. The molecule has 6 heteroatoms. The van der Waals surface area contributed by atoms with Crippen molar-refractivity contribution in [1.29, 1.82) is 0 Å². The fraction of sp³-hybridized carbons (Fsp3) is 0.636. The molecule has 0 radical (unpaired) electrons. The molecule has 2 atom stereocenters. The molecular formula is C11H19N3O2S. The minimum Gasteiger partial charge on any atom is -0.481 e. The molecule has 0 saturated heterocycles. The molecule has 0 aliphatic rings. The lowest BCUT2D eigenvalue weighted by Crippen LogP contribution is -2.19. The lowest BCUT2D eigenvalue weighted by atomic mass is 10.3. The summed E-state index contributed by atoms with van der Waals surface area (Å²) in [5.41, 5.74) is 0.852. The molecule has 1 rings (SSSR count).